The number of ether oxygens (including phenoxy) is 2. The maximum absolute atomic E-state index is 12.7. The second-order valence-corrected chi connectivity index (χ2v) is 8.62. The van der Waals surface area contributed by atoms with Crippen LogP contribution in [0.15, 0.2) is 77.7 Å². The van der Waals surface area contributed by atoms with Gasteiger partial charge in [-0.3, -0.25) is 9.10 Å². The lowest BCUT2D eigenvalue weighted by Crippen LogP contribution is -2.26. The molecule has 0 aromatic heterocycles. The van der Waals surface area contributed by atoms with Crippen LogP contribution >= 0.6 is 0 Å². The fraction of sp³-hybridized carbons (Fsp3) is 0.174. The molecule has 0 radical (unpaired) electrons. The van der Waals surface area contributed by atoms with Crippen LogP contribution < -0.4 is 13.8 Å². The average molecular weight is 426 g/mol. The standard InChI is InChI=1S/C23H23NO5S/c1-17(25)18-9-14-23(28-3)19(15-18)16-29-21-12-10-20(11-13-21)24(2)30(26,27)22-7-5-4-6-8-22/h4-15H,16H2,1-3H3. The Hall–Kier alpha value is -3.32. The quantitative estimate of drug-likeness (QED) is 0.503. The molecule has 0 N–H and O–H groups in total. The lowest BCUT2D eigenvalue weighted by molar-refractivity contribution is 0.101. The number of sulfonamides is 1. The molecule has 0 bridgehead atoms. The monoisotopic (exact) mass is 425 g/mol. The summed E-state index contributed by atoms with van der Waals surface area (Å²) < 4.78 is 37.9. The Kier molecular flexibility index (Phi) is 6.42. The van der Waals surface area contributed by atoms with E-state index in [0.29, 0.717) is 22.7 Å². The van der Waals surface area contributed by atoms with Gasteiger partial charge in [-0.25, -0.2) is 8.42 Å². The summed E-state index contributed by atoms with van der Waals surface area (Å²) in [5.74, 6) is 1.16. The van der Waals surface area contributed by atoms with Gasteiger partial charge >= 0.3 is 0 Å². The lowest BCUT2D eigenvalue weighted by atomic mass is 10.1. The van der Waals surface area contributed by atoms with E-state index in [1.165, 1.54) is 18.3 Å². The third-order valence-electron chi connectivity index (χ3n) is 4.68. The molecule has 0 fully saturated rings. The molecular formula is C23H23NO5S. The predicted octanol–water partition coefficient (Wildman–Crippen LogP) is 4.30. The number of hydrogen-bond donors (Lipinski definition) is 0. The first-order valence-corrected chi connectivity index (χ1v) is 10.7. The molecule has 0 spiro atoms. The Morgan fingerprint density at radius 2 is 1.63 bits per heavy atom. The van der Waals surface area contributed by atoms with Crippen molar-refractivity contribution in [1.82, 2.24) is 0 Å². The number of hydrogen-bond acceptors (Lipinski definition) is 5. The summed E-state index contributed by atoms with van der Waals surface area (Å²) in [5.41, 5.74) is 1.85. The molecule has 0 heterocycles. The van der Waals surface area contributed by atoms with Gasteiger partial charge in [-0.05, 0) is 61.5 Å². The van der Waals surface area contributed by atoms with Crippen LogP contribution in [0.25, 0.3) is 0 Å². The first-order chi connectivity index (χ1) is 14.3. The van der Waals surface area contributed by atoms with Crippen molar-refractivity contribution in [3.63, 3.8) is 0 Å². The fourth-order valence-electron chi connectivity index (χ4n) is 2.91. The van der Waals surface area contributed by atoms with Crippen LogP contribution in [-0.4, -0.2) is 28.4 Å². The zero-order valence-electron chi connectivity index (χ0n) is 17.0. The molecule has 7 heteroatoms. The third-order valence-corrected chi connectivity index (χ3v) is 6.48. The van der Waals surface area contributed by atoms with Gasteiger partial charge in [0.2, 0.25) is 0 Å². The summed E-state index contributed by atoms with van der Waals surface area (Å²) in [4.78, 5) is 11.8. The van der Waals surface area contributed by atoms with E-state index < -0.39 is 10.0 Å². The highest BCUT2D eigenvalue weighted by Gasteiger charge is 2.20. The van der Waals surface area contributed by atoms with Crippen LogP contribution in [0.4, 0.5) is 5.69 Å². The molecule has 0 aliphatic rings. The SMILES string of the molecule is COc1ccc(C(C)=O)cc1COc1ccc(N(C)S(=O)(=O)c2ccccc2)cc1. The number of benzene rings is 3. The molecule has 0 atom stereocenters. The molecule has 0 saturated carbocycles. The number of methoxy groups -OCH3 is 1. The van der Waals surface area contributed by atoms with Crippen LogP contribution in [0.1, 0.15) is 22.8 Å². The molecular weight excluding hydrogens is 402 g/mol. The highest BCUT2D eigenvalue weighted by molar-refractivity contribution is 7.92. The van der Waals surface area contributed by atoms with Crippen LogP contribution in [0.3, 0.4) is 0 Å². The Labute approximate surface area is 176 Å². The summed E-state index contributed by atoms with van der Waals surface area (Å²) in [6.45, 7) is 1.72. The minimum absolute atomic E-state index is 0.0362. The van der Waals surface area contributed by atoms with E-state index in [-0.39, 0.29) is 17.3 Å². The number of anilines is 1. The number of ketones is 1. The summed E-state index contributed by atoms with van der Waals surface area (Å²) in [6.07, 6.45) is 0. The number of rotatable bonds is 8. The third kappa shape index (κ3) is 4.63. The Morgan fingerprint density at radius 1 is 0.967 bits per heavy atom. The fourth-order valence-corrected chi connectivity index (χ4v) is 4.13. The molecule has 6 nitrogen and oxygen atoms in total. The van der Waals surface area contributed by atoms with Gasteiger partial charge in [0.05, 0.1) is 17.7 Å². The number of carbonyl (C=O) groups is 1. The molecule has 3 aromatic rings. The second-order valence-electron chi connectivity index (χ2n) is 6.65. The highest BCUT2D eigenvalue weighted by atomic mass is 32.2. The van der Waals surface area contributed by atoms with E-state index in [9.17, 15) is 13.2 Å². The maximum Gasteiger partial charge on any atom is 0.264 e. The van der Waals surface area contributed by atoms with Crippen LogP contribution in [0.2, 0.25) is 0 Å². The van der Waals surface area contributed by atoms with Crippen molar-refractivity contribution < 1.29 is 22.7 Å². The van der Waals surface area contributed by atoms with E-state index >= 15 is 0 Å². The highest BCUT2D eigenvalue weighted by Crippen LogP contribution is 2.26. The van der Waals surface area contributed by atoms with Gasteiger partial charge in [0.1, 0.15) is 18.1 Å². The van der Waals surface area contributed by atoms with Crippen molar-refractivity contribution in [2.45, 2.75) is 18.4 Å². The molecule has 0 aliphatic carbocycles. The van der Waals surface area contributed by atoms with Crippen molar-refractivity contribution in [3.8, 4) is 11.5 Å². The van der Waals surface area contributed by atoms with E-state index in [4.69, 9.17) is 9.47 Å². The molecule has 0 amide bonds. The molecule has 3 aromatic carbocycles. The van der Waals surface area contributed by atoms with Gasteiger partial charge in [-0.15, -0.1) is 0 Å². The Bertz CT molecular complexity index is 1130. The van der Waals surface area contributed by atoms with Crippen LogP contribution in [0.5, 0.6) is 11.5 Å². The lowest BCUT2D eigenvalue weighted by Gasteiger charge is -2.20. The molecule has 0 unspecified atom stereocenters. The van der Waals surface area contributed by atoms with Gasteiger partial charge in [0, 0.05) is 18.2 Å². The van der Waals surface area contributed by atoms with Crippen molar-refractivity contribution in [1.29, 1.82) is 0 Å². The number of nitrogens with zero attached hydrogens (tertiary/aromatic N) is 1. The number of Topliss-reactive ketones (excluding diaryl/α,β-unsaturated/α-hetero) is 1. The van der Waals surface area contributed by atoms with Gasteiger partial charge in [-0.2, -0.15) is 0 Å². The van der Waals surface area contributed by atoms with E-state index in [1.807, 2.05) is 0 Å². The molecule has 0 aliphatic heterocycles. The van der Waals surface area contributed by atoms with Gasteiger partial charge < -0.3 is 9.47 Å². The molecule has 156 valence electrons. The van der Waals surface area contributed by atoms with Crippen molar-refractivity contribution in [3.05, 3.63) is 83.9 Å². The van der Waals surface area contributed by atoms with Crippen molar-refractivity contribution >= 4 is 21.5 Å². The Balaban J connectivity index is 1.74. The van der Waals surface area contributed by atoms with E-state index in [2.05, 4.69) is 0 Å². The summed E-state index contributed by atoms with van der Waals surface area (Å²) >= 11 is 0. The molecule has 3 rings (SSSR count). The number of carbonyl (C=O) groups excluding carboxylic acids is 1. The van der Waals surface area contributed by atoms with Crippen molar-refractivity contribution in [2.24, 2.45) is 0 Å². The van der Waals surface area contributed by atoms with E-state index in [1.54, 1.807) is 79.9 Å². The minimum Gasteiger partial charge on any atom is -0.496 e. The summed E-state index contributed by atoms with van der Waals surface area (Å²) in [6, 6.07) is 20.2. The van der Waals surface area contributed by atoms with Gasteiger partial charge in [-0.1, -0.05) is 18.2 Å². The first-order valence-electron chi connectivity index (χ1n) is 9.27. The van der Waals surface area contributed by atoms with Crippen LogP contribution in [-0.2, 0) is 16.6 Å². The topological polar surface area (TPSA) is 72.9 Å². The van der Waals surface area contributed by atoms with Crippen molar-refractivity contribution in [2.75, 3.05) is 18.5 Å². The predicted molar refractivity (Wildman–Crippen MR) is 116 cm³/mol. The zero-order chi connectivity index (χ0) is 21.7. The molecule has 30 heavy (non-hydrogen) atoms. The molecule has 0 saturated heterocycles. The second kappa shape index (κ2) is 9.00. The van der Waals surface area contributed by atoms with E-state index in [0.717, 1.165) is 5.56 Å². The summed E-state index contributed by atoms with van der Waals surface area (Å²) in [7, 11) is -0.568. The van der Waals surface area contributed by atoms with Crippen LogP contribution in [0, 0.1) is 0 Å². The summed E-state index contributed by atoms with van der Waals surface area (Å²) in [5, 5.41) is 0. The minimum atomic E-state index is -3.64. The smallest absolute Gasteiger partial charge is 0.264 e. The maximum atomic E-state index is 12.7. The van der Waals surface area contributed by atoms with Gasteiger partial charge in [0.25, 0.3) is 10.0 Å². The Morgan fingerprint density at radius 3 is 2.23 bits per heavy atom. The first kappa shape index (κ1) is 21.4. The zero-order valence-corrected chi connectivity index (χ0v) is 17.8. The largest absolute Gasteiger partial charge is 0.496 e. The normalized spacial score (nSPS) is 11.0. The van der Waals surface area contributed by atoms with Gasteiger partial charge in [0.15, 0.2) is 5.78 Å². The average Bonchev–Trinajstić information content (AvgIpc) is 2.77.